The highest BCUT2D eigenvalue weighted by Crippen LogP contribution is 2.32. The molecule has 0 unspecified atom stereocenters. The van der Waals surface area contributed by atoms with Gasteiger partial charge in [-0.3, -0.25) is 9.78 Å². The molecule has 1 aromatic carbocycles. The van der Waals surface area contributed by atoms with Crippen LogP contribution in [-0.2, 0) is 24.0 Å². The minimum Gasteiger partial charge on any atom is -0.324 e. The van der Waals surface area contributed by atoms with Crippen molar-refractivity contribution in [2.24, 2.45) is 0 Å². The Balaban J connectivity index is 1.60. The van der Waals surface area contributed by atoms with Crippen LogP contribution in [0.4, 0.5) is 11.6 Å². The van der Waals surface area contributed by atoms with Gasteiger partial charge in [0.15, 0.2) is 5.65 Å². The molecule has 1 aliphatic rings. The fourth-order valence-electron chi connectivity index (χ4n) is 4.57. The summed E-state index contributed by atoms with van der Waals surface area (Å²) >= 11 is 0. The Hall–Kier alpha value is -3.52. The predicted octanol–water partition coefficient (Wildman–Crippen LogP) is 4.38. The zero-order valence-electron chi connectivity index (χ0n) is 20.6. The number of aromatic nitrogens is 5. The molecule has 176 valence electrons. The van der Waals surface area contributed by atoms with Gasteiger partial charge in [0, 0.05) is 47.8 Å². The van der Waals surface area contributed by atoms with Gasteiger partial charge >= 0.3 is 0 Å². The molecule has 0 saturated heterocycles. The fraction of sp³-hybridized carbons (Fsp3) is 0.385. The summed E-state index contributed by atoms with van der Waals surface area (Å²) in [6.07, 6.45) is 3.40. The monoisotopic (exact) mass is 457 g/mol. The van der Waals surface area contributed by atoms with Crippen molar-refractivity contribution in [1.82, 2.24) is 29.6 Å². The highest BCUT2D eigenvalue weighted by Gasteiger charge is 2.29. The molecule has 0 amide bonds. The first-order valence-corrected chi connectivity index (χ1v) is 11.7. The van der Waals surface area contributed by atoms with Crippen molar-refractivity contribution in [2.75, 3.05) is 5.32 Å². The fourth-order valence-corrected chi connectivity index (χ4v) is 4.57. The Bertz CT molecular complexity index is 1460. The average Bonchev–Trinajstić information content (AvgIpc) is 3.25. The van der Waals surface area contributed by atoms with Crippen LogP contribution in [0.2, 0.25) is 0 Å². The van der Waals surface area contributed by atoms with E-state index in [1.807, 2.05) is 29.8 Å². The maximum absolute atomic E-state index is 13.1. The Labute approximate surface area is 199 Å². The minimum atomic E-state index is -0.116. The SMILES string of the molecule is CCn1c(=O)c2cnc(Nc3ccc4c(c3)CNC4(C)C)nc2n1-c1ccnc(C(C)(C)C)c1. The summed E-state index contributed by atoms with van der Waals surface area (Å²) in [5.41, 5.74) is 5.60. The van der Waals surface area contributed by atoms with E-state index < -0.39 is 0 Å². The summed E-state index contributed by atoms with van der Waals surface area (Å²) in [5.74, 6) is 0.449. The van der Waals surface area contributed by atoms with Gasteiger partial charge in [0.1, 0.15) is 5.39 Å². The van der Waals surface area contributed by atoms with Crippen molar-refractivity contribution in [3.05, 3.63) is 69.9 Å². The highest BCUT2D eigenvalue weighted by molar-refractivity contribution is 5.77. The summed E-state index contributed by atoms with van der Waals surface area (Å²) in [7, 11) is 0. The van der Waals surface area contributed by atoms with Gasteiger partial charge < -0.3 is 10.6 Å². The lowest BCUT2D eigenvalue weighted by atomic mass is 9.91. The average molecular weight is 458 g/mol. The molecule has 4 aromatic rings. The second-order valence-electron chi connectivity index (χ2n) is 10.4. The standard InChI is InChI=1S/C26H31N7O/c1-7-32-23(34)19-15-28-24(30-17-8-9-20-16(12-17)14-29-26(20,5)6)31-22(19)33(32)18-10-11-27-21(13-18)25(2,3)4/h8-13,15,29H,7,14H2,1-6H3,(H,28,30,31). The van der Waals surface area contributed by atoms with Crippen molar-refractivity contribution < 1.29 is 0 Å². The molecule has 0 bridgehead atoms. The zero-order chi connectivity index (χ0) is 24.3. The first kappa shape index (κ1) is 22.3. The number of hydrogen-bond acceptors (Lipinski definition) is 6. The van der Waals surface area contributed by atoms with Gasteiger partial charge in [-0.05, 0) is 56.2 Å². The number of nitrogens with one attached hydrogen (secondary N) is 2. The molecule has 34 heavy (non-hydrogen) atoms. The summed E-state index contributed by atoms with van der Waals surface area (Å²) in [6, 6.07) is 10.3. The van der Waals surface area contributed by atoms with Crippen LogP contribution in [0.25, 0.3) is 16.7 Å². The summed E-state index contributed by atoms with van der Waals surface area (Å²) in [5, 5.41) is 7.34. The van der Waals surface area contributed by atoms with Crippen LogP contribution < -0.4 is 16.2 Å². The Kier molecular flexibility index (Phi) is 5.09. The normalized spacial score (nSPS) is 15.0. The van der Waals surface area contributed by atoms with Crippen molar-refractivity contribution in [3.63, 3.8) is 0 Å². The summed E-state index contributed by atoms with van der Waals surface area (Å²) < 4.78 is 3.56. The van der Waals surface area contributed by atoms with Crippen LogP contribution in [-0.4, -0.2) is 24.3 Å². The van der Waals surface area contributed by atoms with E-state index in [9.17, 15) is 4.79 Å². The molecule has 4 heterocycles. The molecule has 3 aromatic heterocycles. The molecule has 8 nitrogen and oxygen atoms in total. The van der Waals surface area contributed by atoms with Crippen LogP contribution in [0.1, 0.15) is 58.4 Å². The molecule has 0 spiro atoms. The van der Waals surface area contributed by atoms with E-state index in [1.165, 1.54) is 11.1 Å². The van der Waals surface area contributed by atoms with E-state index in [4.69, 9.17) is 4.98 Å². The van der Waals surface area contributed by atoms with E-state index in [0.29, 0.717) is 23.5 Å². The van der Waals surface area contributed by atoms with Crippen LogP contribution >= 0.6 is 0 Å². The van der Waals surface area contributed by atoms with Gasteiger partial charge in [-0.1, -0.05) is 26.8 Å². The van der Waals surface area contributed by atoms with E-state index in [1.54, 1.807) is 17.1 Å². The third-order valence-electron chi connectivity index (χ3n) is 6.49. The van der Waals surface area contributed by atoms with Gasteiger partial charge in [0.2, 0.25) is 5.95 Å². The maximum atomic E-state index is 13.1. The van der Waals surface area contributed by atoms with E-state index in [2.05, 4.69) is 67.4 Å². The first-order valence-electron chi connectivity index (χ1n) is 11.7. The van der Waals surface area contributed by atoms with Crippen molar-refractivity contribution in [2.45, 2.75) is 65.6 Å². The van der Waals surface area contributed by atoms with Gasteiger partial charge in [-0.2, -0.15) is 4.98 Å². The van der Waals surface area contributed by atoms with Crippen molar-refractivity contribution in [3.8, 4) is 5.69 Å². The Morgan fingerprint density at radius 2 is 1.94 bits per heavy atom. The maximum Gasteiger partial charge on any atom is 0.278 e. The quantitative estimate of drug-likeness (QED) is 0.473. The molecule has 0 atom stereocenters. The molecular weight excluding hydrogens is 426 g/mol. The number of benzene rings is 1. The smallest absolute Gasteiger partial charge is 0.278 e. The number of nitrogens with zero attached hydrogens (tertiary/aromatic N) is 5. The number of rotatable bonds is 4. The highest BCUT2D eigenvalue weighted by atomic mass is 16.1. The van der Waals surface area contributed by atoms with E-state index >= 15 is 0 Å². The van der Waals surface area contributed by atoms with E-state index in [0.717, 1.165) is 23.6 Å². The topological polar surface area (TPSA) is 89.7 Å². The van der Waals surface area contributed by atoms with Crippen molar-refractivity contribution >= 4 is 22.7 Å². The third kappa shape index (κ3) is 3.68. The first-order chi connectivity index (χ1) is 16.1. The molecular formula is C26H31N7O. The molecule has 0 radical (unpaired) electrons. The van der Waals surface area contributed by atoms with Crippen LogP contribution in [0, 0.1) is 0 Å². The number of pyridine rings is 1. The largest absolute Gasteiger partial charge is 0.324 e. The van der Waals surface area contributed by atoms with Crippen LogP contribution in [0.5, 0.6) is 0 Å². The van der Waals surface area contributed by atoms with Crippen molar-refractivity contribution in [1.29, 1.82) is 0 Å². The van der Waals surface area contributed by atoms with Crippen LogP contribution in [0.15, 0.2) is 47.5 Å². The lowest BCUT2D eigenvalue weighted by Crippen LogP contribution is -2.28. The molecule has 0 fully saturated rings. The second kappa shape index (κ2) is 7.77. The third-order valence-corrected chi connectivity index (χ3v) is 6.49. The van der Waals surface area contributed by atoms with Gasteiger partial charge in [-0.15, -0.1) is 0 Å². The Morgan fingerprint density at radius 1 is 1.15 bits per heavy atom. The van der Waals surface area contributed by atoms with Gasteiger partial charge in [0.25, 0.3) is 5.56 Å². The molecule has 0 saturated carbocycles. The van der Waals surface area contributed by atoms with Gasteiger partial charge in [-0.25, -0.2) is 14.3 Å². The Morgan fingerprint density at radius 3 is 2.68 bits per heavy atom. The molecule has 8 heteroatoms. The zero-order valence-corrected chi connectivity index (χ0v) is 20.6. The molecule has 5 rings (SSSR count). The summed E-state index contributed by atoms with van der Waals surface area (Å²) in [4.78, 5) is 26.9. The predicted molar refractivity (Wildman–Crippen MR) is 135 cm³/mol. The number of hydrogen-bond donors (Lipinski definition) is 2. The molecule has 1 aliphatic heterocycles. The summed E-state index contributed by atoms with van der Waals surface area (Å²) in [6.45, 7) is 14.0. The van der Waals surface area contributed by atoms with E-state index in [-0.39, 0.29) is 16.5 Å². The number of anilines is 2. The lowest BCUT2D eigenvalue weighted by Gasteiger charge is -2.19. The lowest BCUT2D eigenvalue weighted by molar-refractivity contribution is 0.442. The molecule has 0 aliphatic carbocycles. The minimum absolute atomic E-state index is 0.0289. The molecule has 2 N–H and O–H groups in total. The van der Waals surface area contributed by atoms with Crippen LogP contribution in [0.3, 0.4) is 0 Å². The van der Waals surface area contributed by atoms with Gasteiger partial charge in [0.05, 0.1) is 5.69 Å². The number of fused-ring (bicyclic) bond motifs is 2. The second-order valence-corrected chi connectivity index (χ2v) is 10.4.